The average Bonchev–Trinajstić information content (AvgIpc) is 3.62. The van der Waals surface area contributed by atoms with Crippen LogP contribution in [0, 0.1) is 24.5 Å². The van der Waals surface area contributed by atoms with Crippen molar-refractivity contribution in [2.45, 2.75) is 26.3 Å². The first-order valence-corrected chi connectivity index (χ1v) is 12.1. The van der Waals surface area contributed by atoms with Crippen molar-refractivity contribution in [2.24, 2.45) is 5.92 Å². The molecule has 36 heavy (non-hydrogen) atoms. The summed E-state index contributed by atoms with van der Waals surface area (Å²) >= 11 is 0. The molecule has 3 aromatic carbocycles. The number of nitrogens with zero attached hydrogens (tertiary/aromatic N) is 3. The third kappa shape index (κ3) is 4.59. The standard InChI is InChI=1S/C30H25F2N3O/c1-19-15-23(36-18-21-5-6-21)11-12-24(19)22-9-7-20(8-10-22)16-35-14-13-27-28(17-35)34-30(33-27)25-3-2-4-26(31)29(25)32/h2-4,7-15,17,21H,5-6,16,18H2,1H3. The van der Waals surface area contributed by atoms with Gasteiger partial charge in [0.2, 0.25) is 0 Å². The van der Waals surface area contributed by atoms with Gasteiger partial charge in [0.15, 0.2) is 17.5 Å². The highest BCUT2D eigenvalue weighted by Gasteiger charge is 2.22. The molecule has 6 heteroatoms. The van der Waals surface area contributed by atoms with Gasteiger partial charge in [0.05, 0.1) is 17.9 Å². The number of fused-ring (bicyclic) bond motifs is 1. The van der Waals surface area contributed by atoms with E-state index in [-0.39, 0.29) is 11.4 Å². The molecule has 0 saturated heterocycles. The molecule has 4 nitrogen and oxygen atoms in total. The second kappa shape index (κ2) is 9.19. The fourth-order valence-electron chi connectivity index (χ4n) is 4.40. The molecule has 2 aliphatic heterocycles. The van der Waals surface area contributed by atoms with Crippen LogP contribution in [0.15, 0.2) is 79.1 Å². The summed E-state index contributed by atoms with van der Waals surface area (Å²) in [5.41, 5.74) is 6.02. The summed E-state index contributed by atoms with van der Waals surface area (Å²) in [6.07, 6.45) is 6.36. The van der Waals surface area contributed by atoms with Gasteiger partial charge in [0.25, 0.3) is 0 Å². The lowest BCUT2D eigenvalue weighted by Gasteiger charge is -2.12. The van der Waals surface area contributed by atoms with Crippen molar-refractivity contribution in [1.29, 1.82) is 0 Å². The van der Waals surface area contributed by atoms with Crippen LogP contribution in [-0.2, 0) is 6.54 Å². The number of aromatic nitrogens is 3. The minimum Gasteiger partial charge on any atom is -0.493 e. The molecule has 0 spiro atoms. The van der Waals surface area contributed by atoms with E-state index in [4.69, 9.17) is 4.74 Å². The number of benzene rings is 3. The zero-order valence-corrected chi connectivity index (χ0v) is 19.9. The Bertz CT molecular complexity index is 1510. The first-order chi connectivity index (χ1) is 17.5. The van der Waals surface area contributed by atoms with Gasteiger partial charge in [-0.2, -0.15) is 0 Å². The molecule has 6 rings (SSSR count). The van der Waals surface area contributed by atoms with E-state index in [1.807, 2.05) is 23.0 Å². The second-order valence-electron chi connectivity index (χ2n) is 9.46. The van der Waals surface area contributed by atoms with E-state index in [0.717, 1.165) is 35.5 Å². The molecule has 0 N–H and O–H groups in total. The Morgan fingerprint density at radius 3 is 2.50 bits per heavy atom. The highest BCUT2D eigenvalue weighted by Crippen LogP contribution is 2.32. The summed E-state index contributed by atoms with van der Waals surface area (Å²) in [6.45, 7) is 3.58. The molecule has 0 bridgehead atoms. The summed E-state index contributed by atoms with van der Waals surface area (Å²) < 4.78 is 35.7. The molecular formula is C30H25F2N3O. The van der Waals surface area contributed by atoms with Gasteiger partial charge >= 0.3 is 0 Å². The van der Waals surface area contributed by atoms with Gasteiger partial charge in [-0.05, 0) is 78.3 Å². The van der Waals surface area contributed by atoms with E-state index in [1.165, 1.54) is 36.1 Å². The molecule has 2 heterocycles. The number of aryl methyl sites for hydroxylation is 1. The van der Waals surface area contributed by atoms with Crippen LogP contribution >= 0.6 is 0 Å². The molecule has 1 fully saturated rings. The normalized spacial score (nSPS) is 13.3. The van der Waals surface area contributed by atoms with Crippen LogP contribution < -0.4 is 4.74 Å². The minimum atomic E-state index is -0.934. The van der Waals surface area contributed by atoms with E-state index in [0.29, 0.717) is 17.9 Å². The van der Waals surface area contributed by atoms with Gasteiger partial charge in [-0.1, -0.05) is 36.4 Å². The highest BCUT2D eigenvalue weighted by atomic mass is 19.2. The Morgan fingerprint density at radius 2 is 1.72 bits per heavy atom. The van der Waals surface area contributed by atoms with E-state index < -0.39 is 11.6 Å². The fourth-order valence-corrected chi connectivity index (χ4v) is 4.40. The zero-order valence-electron chi connectivity index (χ0n) is 19.9. The molecule has 1 aliphatic carbocycles. The van der Waals surface area contributed by atoms with Crippen molar-refractivity contribution in [1.82, 2.24) is 14.5 Å². The van der Waals surface area contributed by atoms with Crippen LogP contribution in [0.3, 0.4) is 0 Å². The Hall–Kier alpha value is -4.06. The molecule has 3 aromatic rings. The molecule has 1 saturated carbocycles. The van der Waals surface area contributed by atoms with Crippen molar-refractivity contribution in [3.05, 3.63) is 102 Å². The lowest BCUT2D eigenvalue weighted by atomic mass is 9.99. The first-order valence-electron chi connectivity index (χ1n) is 12.1. The molecule has 0 aromatic heterocycles. The zero-order chi connectivity index (χ0) is 24.6. The number of pyridine rings is 1. The summed E-state index contributed by atoms with van der Waals surface area (Å²) in [6, 6.07) is 20.7. The summed E-state index contributed by atoms with van der Waals surface area (Å²) in [5.74, 6) is 0.0130. The number of hydrogen-bond acceptors (Lipinski definition) is 3. The molecule has 0 amide bonds. The molecule has 0 radical (unpaired) electrons. The topological polar surface area (TPSA) is 39.9 Å². The van der Waals surface area contributed by atoms with Gasteiger partial charge in [0, 0.05) is 18.9 Å². The van der Waals surface area contributed by atoms with E-state index >= 15 is 0 Å². The van der Waals surface area contributed by atoms with Gasteiger partial charge in [-0.25, -0.2) is 18.7 Å². The van der Waals surface area contributed by atoms with Crippen molar-refractivity contribution < 1.29 is 13.5 Å². The quantitative estimate of drug-likeness (QED) is 0.248. The Labute approximate surface area is 208 Å². The second-order valence-corrected chi connectivity index (χ2v) is 9.46. The molecule has 180 valence electrons. The summed E-state index contributed by atoms with van der Waals surface area (Å²) in [5, 5.41) is 0. The fraction of sp³-hybridized carbons (Fsp3) is 0.200. The number of imidazole rings is 1. The monoisotopic (exact) mass is 481 g/mol. The van der Waals surface area contributed by atoms with Crippen molar-refractivity contribution in [3.63, 3.8) is 0 Å². The van der Waals surface area contributed by atoms with Crippen LogP contribution in [0.5, 0.6) is 5.75 Å². The molecule has 0 unspecified atom stereocenters. The van der Waals surface area contributed by atoms with Crippen molar-refractivity contribution in [3.8, 4) is 39.7 Å². The summed E-state index contributed by atoms with van der Waals surface area (Å²) in [7, 11) is 0. The van der Waals surface area contributed by atoms with Crippen molar-refractivity contribution in [2.75, 3.05) is 6.61 Å². The van der Waals surface area contributed by atoms with Gasteiger partial charge < -0.3 is 9.30 Å². The van der Waals surface area contributed by atoms with E-state index in [1.54, 1.807) is 0 Å². The Kier molecular flexibility index (Phi) is 5.72. The Morgan fingerprint density at radius 1 is 0.917 bits per heavy atom. The SMILES string of the molecule is Cc1cc(OCC2CC2)ccc1-c1ccc(Cn2ccc3nc(-c4cccc(F)c4F)nc-3c2)cc1. The Balaban J connectivity index is 1.18. The molecule has 0 atom stereocenters. The van der Waals surface area contributed by atoms with Gasteiger partial charge in [-0.15, -0.1) is 0 Å². The minimum absolute atomic E-state index is 0.0612. The van der Waals surface area contributed by atoms with Gasteiger partial charge in [0.1, 0.15) is 11.4 Å². The third-order valence-corrected chi connectivity index (χ3v) is 6.63. The van der Waals surface area contributed by atoms with E-state index in [2.05, 4.69) is 59.4 Å². The predicted molar refractivity (Wildman–Crippen MR) is 136 cm³/mol. The average molecular weight is 482 g/mol. The van der Waals surface area contributed by atoms with Crippen LogP contribution in [0.1, 0.15) is 24.0 Å². The van der Waals surface area contributed by atoms with Crippen molar-refractivity contribution >= 4 is 0 Å². The maximum atomic E-state index is 14.2. The smallest absolute Gasteiger partial charge is 0.169 e. The van der Waals surface area contributed by atoms with E-state index in [9.17, 15) is 8.78 Å². The highest BCUT2D eigenvalue weighted by molar-refractivity contribution is 5.68. The number of rotatable bonds is 7. The first kappa shape index (κ1) is 22.4. The maximum Gasteiger partial charge on any atom is 0.169 e. The number of halogens is 2. The number of hydrogen-bond donors (Lipinski definition) is 0. The summed E-state index contributed by atoms with van der Waals surface area (Å²) in [4.78, 5) is 8.81. The third-order valence-electron chi connectivity index (χ3n) is 6.63. The number of ether oxygens (including phenoxy) is 1. The lowest BCUT2D eigenvalue weighted by Crippen LogP contribution is -2.01. The van der Waals surface area contributed by atoms with Crippen LogP contribution in [-0.4, -0.2) is 21.1 Å². The van der Waals surface area contributed by atoms with Crippen LogP contribution in [0.4, 0.5) is 8.78 Å². The van der Waals surface area contributed by atoms with Gasteiger partial charge in [-0.3, -0.25) is 0 Å². The van der Waals surface area contributed by atoms with Crippen LogP contribution in [0.25, 0.3) is 33.9 Å². The molecular weight excluding hydrogens is 456 g/mol. The maximum absolute atomic E-state index is 14.2. The van der Waals surface area contributed by atoms with Crippen LogP contribution in [0.2, 0.25) is 0 Å². The molecule has 3 aliphatic rings. The largest absolute Gasteiger partial charge is 0.493 e. The predicted octanol–water partition coefficient (Wildman–Crippen LogP) is 7.14. The lowest BCUT2D eigenvalue weighted by molar-refractivity contribution is 0.299.